The number of aromatic nitrogens is 2. The lowest BCUT2D eigenvalue weighted by molar-refractivity contribution is -0.111. The molecule has 0 aliphatic carbocycles. The van der Waals surface area contributed by atoms with Crippen molar-refractivity contribution in [2.75, 3.05) is 49.4 Å². The maximum atomic E-state index is 11.5. The molecule has 0 radical (unpaired) electrons. The summed E-state index contributed by atoms with van der Waals surface area (Å²) in [5.41, 5.74) is 2.37. The molecular formula is C26H31N5O4. The second kappa shape index (κ2) is 13.0. The summed E-state index contributed by atoms with van der Waals surface area (Å²) in [6, 6.07) is 14.5. The van der Waals surface area contributed by atoms with Crippen molar-refractivity contribution in [1.29, 1.82) is 0 Å². The highest BCUT2D eigenvalue weighted by Crippen LogP contribution is 2.32. The first-order valence-corrected chi connectivity index (χ1v) is 11.3. The average molecular weight is 478 g/mol. The Bertz CT molecular complexity index is 1140. The lowest BCUT2D eigenvalue weighted by atomic mass is 10.2. The molecule has 1 heterocycles. The standard InChI is InChI=1S/C26H31N5O4/c1-5-14-31(15-16-33-3)22-11-10-20(18-23(22)34-4)29-26-27-13-12-25(30-26)35-21-9-7-8-19(17-21)28-24(32)6-2/h6-13,17-18H,2,5,14-16H2,1,3-4H3,(H,28,32)(H,27,29,30). The van der Waals surface area contributed by atoms with E-state index in [0.29, 0.717) is 29.9 Å². The summed E-state index contributed by atoms with van der Waals surface area (Å²) in [4.78, 5) is 22.5. The Morgan fingerprint density at radius 2 is 1.97 bits per heavy atom. The van der Waals surface area contributed by atoms with E-state index < -0.39 is 0 Å². The van der Waals surface area contributed by atoms with Crippen LogP contribution in [0.5, 0.6) is 17.4 Å². The molecule has 35 heavy (non-hydrogen) atoms. The Hall–Kier alpha value is -4.11. The minimum atomic E-state index is -0.298. The number of nitrogens with one attached hydrogen (secondary N) is 2. The van der Waals surface area contributed by atoms with Crippen LogP contribution in [0.15, 0.2) is 67.4 Å². The number of carbonyl (C=O) groups is 1. The Morgan fingerprint density at radius 3 is 2.71 bits per heavy atom. The van der Waals surface area contributed by atoms with E-state index in [-0.39, 0.29) is 5.91 Å². The first-order valence-electron chi connectivity index (χ1n) is 11.3. The topological polar surface area (TPSA) is 97.8 Å². The summed E-state index contributed by atoms with van der Waals surface area (Å²) in [7, 11) is 3.35. The van der Waals surface area contributed by atoms with Gasteiger partial charge in [-0.15, -0.1) is 0 Å². The van der Waals surface area contributed by atoms with Crippen LogP contribution in [0.4, 0.5) is 23.0 Å². The van der Waals surface area contributed by atoms with Gasteiger partial charge in [0.05, 0.1) is 19.4 Å². The predicted octanol–water partition coefficient (Wildman–Crippen LogP) is 5.01. The number of amides is 1. The predicted molar refractivity (Wildman–Crippen MR) is 138 cm³/mol. The number of nitrogens with zero attached hydrogens (tertiary/aromatic N) is 3. The van der Waals surface area contributed by atoms with Crippen LogP contribution in [0.1, 0.15) is 13.3 Å². The van der Waals surface area contributed by atoms with Crippen LogP contribution in [-0.2, 0) is 9.53 Å². The third-order valence-electron chi connectivity index (χ3n) is 4.97. The highest BCUT2D eigenvalue weighted by molar-refractivity contribution is 5.98. The molecule has 184 valence electrons. The van der Waals surface area contributed by atoms with Gasteiger partial charge in [-0.3, -0.25) is 4.79 Å². The van der Waals surface area contributed by atoms with Crippen molar-refractivity contribution < 1.29 is 19.0 Å². The molecule has 2 aromatic carbocycles. The van der Waals surface area contributed by atoms with Crippen molar-refractivity contribution in [3.05, 3.63) is 67.4 Å². The first-order chi connectivity index (χ1) is 17.1. The van der Waals surface area contributed by atoms with E-state index in [1.807, 2.05) is 18.2 Å². The Balaban J connectivity index is 1.74. The molecule has 3 aromatic rings. The van der Waals surface area contributed by atoms with Gasteiger partial charge in [-0.25, -0.2) is 4.98 Å². The van der Waals surface area contributed by atoms with Crippen molar-refractivity contribution in [1.82, 2.24) is 9.97 Å². The Kier molecular flexibility index (Phi) is 9.44. The van der Waals surface area contributed by atoms with E-state index in [1.54, 1.807) is 50.7 Å². The lowest BCUT2D eigenvalue weighted by Crippen LogP contribution is -2.28. The molecule has 9 nitrogen and oxygen atoms in total. The van der Waals surface area contributed by atoms with Gasteiger partial charge >= 0.3 is 0 Å². The minimum absolute atomic E-state index is 0.298. The zero-order valence-corrected chi connectivity index (χ0v) is 20.3. The summed E-state index contributed by atoms with van der Waals surface area (Å²) < 4.78 is 16.8. The highest BCUT2D eigenvalue weighted by Gasteiger charge is 2.13. The molecule has 1 amide bonds. The van der Waals surface area contributed by atoms with Gasteiger partial charge in [0, 0.05) is 56.0 Å². The van der Waals surface area contributed by atoms with Gasteiger partial charge in [0.1, 0.15) is 11.5 Å². The molecule has 0 fully saturated rings. The molecular weight excluding hydrogens is 446 g/mol. The molecule has 0 saturated heterocycles. The molecule has 0 saturated carbocycles. The van der Waals surface area contributed by atoms with Gasteiger partial charge in [-0.2, -0.15) is 4.98 Å². The molecule has 0 aliphatic rings. The first kappa shape index (κ1) is 25.5. The number of hydrogen-bond donors (Lipinski definition) is 2. The molecule has 9 heteroatoms. The van der Waals surface area contributed by atoms with Crippen LogP contribution in [0, 0.1) is 0 Å². The number of methoxy groups -OCH3 is 2. The van der Waals surface area contributed by atoms with E-state index in [9.17, 15) is 4.79 Å². The van der Waals surface area contributed by atoms with Crippen LogP contribution in [-0.4, -0.2) is 49.8 Å². The molecule has 2 N–H and O–H groups in total. The Labute approximate surface area is 205 Å². The second-order valence-electron chi connectivity index (χ2n) is 7.53. The van der Waals surface area contributed by atoms with E-state index in [2.05, 4.69) is 39.0 Å². The number of rotatable bonds is 13. The third kappa shape index (κ3) is 7.44. The minimum Gasteiger partial charge on any atom is -0.495 e. The Morgan fingerprint density at radius 1 is 1.11 bits per heavy atom. The highest BCUT2D eigenvalue weighted by atomic mass is 16.5. The molecule has 3 rings (SSSR count). The van der Waals surface area contributed by atoms with Crippen molar-refractivity contribution in [3.8, 4) is 17.4 Å². The molecule has 0 aliphatic heterocycles. The van der Waals surface area contributed by atoms with Gasteiger partial charge in [0.25, 0.3) is 0 Å². The maximum Gasteiger partial charge on any atom is 0.247 e. The molecule has 0 unspecified atom stereocenters. The van der Waals surface area contributed by atoms with Crippen LogP contribution < -0.4 is 25.0 Å². The SMILES string of the molecule is C=CC(=O)Nc1cccc(Oc2ccnc(Nc3ccc(N(CCC)CCOC)c(OC)c3)n2)c1. The van der Waals surface area contributed by atoms with E-state index in [4.69, 9.17) is 14.2 Å². The van der Waals surface area contributed by atoms with Crippen LogP contribution in [0.2, 0.25) is 0 Å². The summed E-state index contributed by atoms with van der Waals surface area (Å²) in [6.45, 7) is 7.89. The van der Waals surface area contributed by atoms with E-state index in [0.717, 1.165) is 36.6 Å². The van der Waals surface area contributed by atoms with Crippen molar-refractivity contribution in [2.45, 2.75) is 13.3 Å². The number of ether oxygens (including phenoxy) is 3. The van der Waals surface area contributed by atoms with Crippen LogP contribution >= 0.6 is 0 Å². The van der Waals surface area contributed by atoms with Gasteiger partial charge in [0.15, 0.2) is 0 Å². The molecule has 0 atom stereocenters. The largest absolute Gasteiger partial charge is 0.495 e. The number of anilines is 4. The number of carbonyl (C=O) groups excluding carboxylic acids is 1. The summed E-state index contributed by atoms with van der Waals surface area (Å²) in [5, 5.41) is 5.90. The molecule has 1 aromatic heterocycles. The summed E-state index contributed by atoms with van der Waals surface area (Å²) in [5.74, 6) is 1.69. The lowest BCUT2D eigenvalue weighted by Gasteiger charge is -2.26. The van der Waals surface area contributed by atoms with Gasteiger partial charge in [0.2, 0.25) is 17.7 Å². The van der Waals surface area contributed by atoms with Gasteiger partial charge in [-0.1, -0.05) is 19.6 Å². The fraction of sp³-hybridized carbons (Fsp3) is 0.269. The third-order valence-corrected chi connectivity index (χ3v) is 4.97. The maximum absolute atomic E-state index is 11.5. The van der Waals surface area contributed by atoms with Crippen molar-refractivity contribution >= 4 is 28.9 Å². The second-order valence-corrected chi connectivity index (χ2v) is 7.53. The average Bonchev–Trinajstić information content (AvgIpc) is 2.87. The normalized spacial score (nSPS) is 10.4. The van der Waals surface area contributed by atoms with Gasteiger partial charge in [-0.05, 0) is 36.8 Å². The fourth-order valence-corrected chi connectivity index (χ4v) is 3.38. The van der Waals surface area contributed by atoms with Gasteiger partial charge < -0.3 is 29.7 Å². The summed E-state index contributed by atoms with van der Waals surface area (Å²) >= 11 is 0. The van der Waals surface area contributed by atoms with Crippen LogP contribution in [0.3, 0.4) is 0 Å². The van der Waals surface area contributed by atoms with E-state index >= 15 is 0 Å². The quantitative estimate of drug-likeness (QED) is 0.332. The van der Waals surface area contributed by atoms with E-state index in [1.165, 1.54) is 6.08 Å². The fourth-order valence-electron chi connectivity index (χ4n) is 3.38. The number of benzene rings is 2. The zero-order valence-electron chi connectivity index (χ0n) is 20.3. The van der Waals surface area contributed by atoms with Crippen molar-refractivity contribution in [2.24, 2.45) is 0 Å². The number of hydrogen-bond acceptors (Lipinski definition) is 8. The zero-order chi connectivity index (χ0) is 25.0. The smallest absolute Gasteiger partial charge is 0.247 e. The summed E-state index contributed by atoms with van der Waals surface area (Å²) in [6.07, 6.45) is 3.82. The van der Waals surface area contributed by atoms with Crippen LogP contribution in [0.25, 0.3) is 0 Å². The molecule has 0 spiro atoms. The van der Waals surface area contributed by atoms with Crippen molar-refractivity contribution in [3.63, 3.8) is 0 Å². The monoisotopic (exact) mass is 477 g/mol. The molecule has 0 bridgehead atoms.